The Morgan fingerprint density at radius 3 is 2.00 bits per heavy atom. The van der Waals surface area contributed by atoms with Crippen LogP contribution in [0.4, 0.5) is 0 Å². The van der Waals surface area contributed by atoms with E-state index < -0.39 is 54.3 Å². The molecule has 11 heteroatoms. The van der Waals surface area contributed by atoms with Crippen LogP contribution in [0, 0.1) is 5.92 Å². The van der Waals surface area contributed by atoms with Crippen molar-refractivity contribution in [3.63, 3.8) is 0 Å². The molecule has 0 aliphatic rings. The molecule has 0 aliphatic heterocycles. The van der Waals surface area contributed by atoms with Gasteiger partial charge in [-0.1, -0.05) is 20.3 Å². The first kappa shape index (κ1) is 24.3. The summed E-state index contributed by atoms with van der Waals surface area (Å²) in [5, 5.41) is 24.2. The minimum Gasteiger partial charge on any atom is -0.481 e. The first-order chi connectivity index (χ1) is 12.5. The van der Waals surface area contributed by atoms with E-state index in [2.05, 4.69) is 16.0 Å². The molecule has 7 N–H and O–H groups in total. The minimum absolute atomic E-state index is 0.145. The third-order valence-corrected chi connectivity index (χ3v) is 4.01. The number of carbonyl (C=O) groups excluding carboxylic acids is 3. The minimum atomic E-state index is -1.24. The van der Waals surface area contributed by atoms with Crippen LogP contribution in [0.1, 0.15) is 40.0 Å². The number of carboxylic acid groups (broad SMARTS) is 2. The SMILES string of the molecule is CCC(C)C(N)C(=O)NC(CCC(=O)O)C(=O)NC(C)C(=O)NCC(=O)O. The van der Waals surface area contributed by atoms with Gasteiger partial charge >= 0.3 is 11.9 Å². The average molecular weight is 388 g/mol. The maximum absolute atomic E-state index is 12.4. The molecule has 11 nitrogen and oxygen atoms in total. The molecule has 4 atom stereocenters. The van der Waals surface area contributed by atoms with Crippen LogP contribution >= 0.6 is 0 Å². The van der Waals surface area contributed by atoms with E-state index >= 15 is 0 Å². The van der Waals surface area contributed by atoms with Gasteiger partial charge in [-0.2, -0.15) is 0 Å². The number of carbonyl (C=O) groups is 5. The molecule has 0 aromatic carbocycles. The van der Waals surface area contributed by atoms with Gasteiger partial charge in [-0.15, -0.1) is 0 Å². The van der Waals surface area contributed by atoms with Crippen LogP contribution < -0.4 is 21.7 Å². The van der Waals surface area contributed by atoms with Gasteiger partial charge in [0.25, 0.3) is 0 Å². The number of nitrogens with one attached hydrogen (secondary N) is 3. The smallest absolute Gasteiger partial charge is 0.322 e. The molecule has 4 unspecified atom stereocenters. The summed E-state index contributed by atoms with van der Waals surface area (Å²) in [7, 11) is 0. The van der Waals surface area contributed by atoms with Crippen LogP contribution in [0.3, 0.4) is 0 Å². The van der Waals surface area contributed by atoms with Crippen molar-refractivity contribution in [3.05, 3.63) is 0 Å². The molecule has 0 saturated carbocycles. The molecule has 0 bridgehead atoms. The van der Waals surface area contributed by atoms with Crippen molar-refractivity contribution in [1.82, 2.24) is 16.0 Å². The molecule has 3 amide bonds. The Bertz CT molecular complexity index is 567. The zero-order valence-electron chi connectivity index (χ0n) is 15.7. The second kappa shape index (κ2) is 11.8. The summed E-state index contributed by atoms with van der Waals surface area (Å²) in [6, 6.07) is -3.14. The molecule has 0 aromatic rings. The Balaban J connectivity index is 4.97. The van der Waals surface area contributed by atoms with E-state index in [1.165, 1.54) is 6.92 Å². The summed E-state index contributed by atoms with van der Waals surface area (Å²) in [5.74, 6) is -4.64. The van der Waals surface area contributed by atoms with Crippen molar-refractivity contribution in [2.24, 2.45) is 11.7 Å². The molecule has 0 heterocycles. The summed E-state index contributed by atoms with van der Waals surface area (Å²) < 4.78 is 0. The normalized spacial score (nSPS) is 15.0. The highest BCUT2D eigenvalue weighted by atomic mass is 16.4. The van der Waals surface area contributed by atoms with Gasteiger partial charge < -0.3 is 31.9 Å². The van der Waals surface area contributed by atoms with Crippen molar-refractivity contribution in [2.75, 3.05) is 6.54 Å². The third-order valence-electron chi connectivity index (χ3n) is 4.01. The topological polar surface area (TPSA) is 188 Å². The van der Waals surface area contributed by atoms with Gasteiger partial charge in [-0.05, 0) is 19.3 Å². The van der Waals surface area contributed by atoms with Crippen molar-refractivity contribution < 1.29 is 34.2 Å². The molecule has 0 aliphatic carbocycles. The number of amides is 3. The second-order valence-electron chi connectivity index (χ2n) is 6.25. The summed E-state index contributed by atoms with van der Waals surface area (Å²) in [6.45, 7) is 4.34. The van der Waals surface area contributed by atoms with Crippen LogP contribution in [0.15, 0.2) is 0 Å². The van der Waals surface area contributed by atoms with Gasteiger partial charge in [0.2, 0.25) is 17.7 Å². The second-order valence-corrected chi connectivity index (χ2v) is 6.25. The van der Waals surface area contributed by atoms with Crippen molar-refractivity contribution in [3.8, 4) is 0 Å². The van der Waals surface area contributed by atoms with E-state index in [1.54, 1.807) is 6.92 Å². The van der Waals surface area contributed by atoms with Gasteiger partial charge in [-0.25, -0.2) is 0 Å². The van der Waals surface area contributed by atoms with E-state index in [9.17, 15) is 24.0 Å². The fraction of sp³-hybridized carbons (Fsp3) is 0.688. The van der Waals surface area contributed by atoms with E-state index in [-0.39, 0.29) is 18.8 Å². The Morgan fingerprint density at radius 1 is 0.926 bits per heavy atom. The van der Waals surface area contributed by atoms with Crippen molar-refractivity contribution >= 4 is 29.7 Å². The fourth-order valence-corrected chi connectivity index (χ4v) is 2.01. The zero-order valence-corrected chi connectivity index (χ0v) is 15.7. The highest BCUT2D eigenvalue weighted by Gasteiger charge is 2.28. The molecule has 0 saturated heterocycles. The average Bonchev–Trinajstić information content (AvgIpc) is 2.60. The molecule has 0 spiro atoms. The number of carboxylic acids is 2. The summed E-state index contributed by atoms with van der Waals surface area (Å²) in [5.41, 5.74) is 5.81. The van der Waals surface area contributed by atoms with E-state index in [1.807, 2.05) is 6.92 Å². The summed E-state index contributed by atoms with van der Waals surface area (Å²) >= 11 is 0. The summed E-state index contributed by atoms with van der Waals surface area (Å²) in [4.78, 5) is 57.5. The summed E-state index contributed by atoms with van der Waals surface area (Å²) in [6.07, 6.45) is 0.0709. The first-order valence-corrected chi connectivity index (χ1v) is 8.57. The Hall–Kier alpha value is -2.69. The number of rotatable bonds is 12. The highest BCUT2D eigenvalue weighted by Crippen LogP contribution is 2.07. The first-order valence-electron chi connectivity index (χ1n) is 8.57. The van der Waals surface area contributed by atoms with Crippen molar-refractivity contribution in [1.29, 1.82) is 0 Å². The molecule has 0 fully saturated rings. The van der Waals surface area contributed by atoms with Gasteiger partial charge in [0, 0.05) is 6.42 Å². The predicted molar refractivity (Wildman–Crippen MR) is 94.5 cm³/mol. The quantitative estimate of drug-likeness (QED) is 0.231. The van der Waals surface area contributed by atoms with Crippen LogP contribution in [0.2, 0.25) is 0 Å². The molecule has 0 radical (unpaired) electrons. The van der Waals surface area contributed by atoms with Crippen LogP contribution in [-0.4, -0.2) is 64.5 Å². The standard InChI is InChI=1S/C16H28N4O7/c1-4-8(2)13(17)16(27)20-10(5-6-11(21)22)15(26)19-9(3)14(25)18-7-12(23)24/h8-10,13H,4-7,17H2,1-3H3,(H,18,25)(H,19,26)(H,20,27)(H,21,22)(H,23,24). The van der Waals surface area contributed by atoms with Crippen LogP contribution in [0.25, 0.3) is 0 Å². The third kappa shape index (κ3) is 9.54. The van der Waals surface area contributed by atoms with E-state index in [0.29, 0.717) is 6.42 Å². The maximum atomic E-state index is 12.4. The monoisotopic (exact) mass is 388 g/mol. The lowest BCUT2D eigenvalue weighted by Gasteiger charge is -2.24. The van der Waals surface area contributed by atoms with Crippen LogP contribution in [-0.2, 0) is 24.0 Å². The van der Waals surface area contributed by atoms with Crippen molar-refractivity contribution in [2.45, 2.75) is 58.2 Å². The number of hydrogen-bond donors (Lipinski definition) is 6. The Kier molecular flexibility index (Phi) is 10.7. The Labute approximate surface area is 157 Å². The zero-order chi connectivity index (χ0) is 21.1. The lowest BCUT2D eigenvalue weighted by molar-refractivity contribution is -0.138. The number of hydrogen-bond acceptors (Lipinski definition) is 6. The van der Waals surface area contributed by atoms with E-state index in [4.69, 9.17) is 15.9 Å². The molecule has 27 heavy (non-hydrogen) atoms. The van der Waals surface area contributed by atoms with Gasteiger partial charge in [0.05, 0.1) is 6.04 Å². The highest BCUT2D eigenvalue weighted by molar-refractivity contribution is 5.93. The largest absolute Gasteiger partial charge is 0.481 e. The molecular weight excluding hydrogens is 360 g/mol. The fourth-order valence-electron chi connectivity index (χ4n) is 2.01. The van der Waals surface area contributed by atoms with Gasteiger partial charge in [0.15, 0.2) is 0 Å². The predicted octanol–water partition coefficient (Wildman–Crippen LogP) is -1.59. The molecule has 0 aromatic heterocycles. The molecular formula is C16H28N4O7. The van der Waals surface area contributed by atoms with E-state index in [0.717, 1.165) is 0 Å². The van der Waals surface area contributed by atoms with Gasteiger partial charge in [-0.3, -0.25) is 24.0 Å². The maximum Gasteiger partial charge on any atom is 0.322 e. The lowest BCUT2D eigenvalue weighted by Crippen LogP contribution is -2.56. The van der Waals surface area contributed by atoms with Gasteiger partial charge in [0.1, 0.15) is 18.6 Å². The molecule has 0 rings (SSSR count). The lowest BCUT2D eigenvalue weighted by atomic mass is 9.98. The number of aliphatic carboxylic acids is 2. The van der Waals surface area contributed by atoms with Crippen LogP contribution in [0.5, 0.6) is 0 Å². The Morgan fingerprint density at radius 2 is 1.52 bits per heavy atom. The molecule has 154 valence electrons. The number of nitrogens with two attached hydrogens (primary N) is 1.